The molecule has 2 aromatic rings. The van der Waals surface area contributed by atoms with E-state index in [2.05, 4.69) is 4.98 Å². The van der Waals surface area contributed by atoms with Crippen molar-refractivity contribution in [3.8, 4) is 0 Å². The molecular weight excluding hydrogens is 227 g/mol. The van der Waals surface area contributed by atoms with Crippen molar-refractivity contribution in [3.63, 3.8) is 0 Å². The first kappa shape index (κ1) is 11.0. The number of benzene rings is 1. The van der Waals surface area contributed by atoms with Gasteiger partial charge in [0.2, 0.25) is 0 Å². The van der Waals surface area contributed by atoms with Crippen LogP contribution in [0.1, 0.15) is 17.3 Å². The normalized spacial score (nSPS) is 12.4. The highest BCUT2D eigenvalue weighted by atomic mass is 35.5. The minimum Gasteiger partial charge on any atom is -0.319 e. The van der Waals surface area contributed by atoms with Gasteiger partial charge in [-0.15, -0.1) is 0 Å². The molecule has 1 atom stereocenters. The van der Waals surface area contributed by atoms with Crippen molar-refractivity contribution in [2.24, 2.45) is 5.73 Å². The first-order valence-electron chi connectivity index (χ1n) is 4.79. The van der Waals surface area contributed by atoms with E-state index in [-0.39, 0.29) is 11.9 Å². The van der Waals surface area contributed by atoms with Crippen molar-refractivity contribution in [1.29, 1.82) is 0 Å². The molecule has 0 saturated carbocycles. The fraction of sp³-hybridized carbons (Fsp3) is 0.0833. The molecule has 0 aliphatic carbocycles. The molecule has 1 aromatic carbocycles. The molecule has 0 bridgehead atoms. The van der Waals surface area contributed by atoms with Gasteiger partial charge in [-0.05, 0) is 29.8 Å². The highest BCUT2D eigenvalue weighted by molar-refractivity contribution is 6.30. The van der Waals surface area contributed by atoms with E-state index in [1.54, 1.807) is 18.2 Å². The molecule has 16 heavy (non-hydrogen) atoms. The second-order valence-electron chi connectivity index (χ2n) is 3.43. The van der Waals surface area contributed by atoms with Gasteiger partial charge in [0.1, 0.15) is 5.82 Å². The molecule has 0 radical (unpaired) electrons. The van der Waals surface area contributed by atoms with Crippen LogP contribution in [0, 0.1) is 5.82 Å². The van der Waals surface area contributed by atoms with Crippen LogP contribution in [0.4, 0.5) is 4.39 Å². The lowest BCUT2D eigenvalue weighted by atomic mass is 10.0. The van der Waals surface area contributed by atoms with Crippen LogP contribution in [0.25, 0.3) is 0 Å². The molecule has 2 nitrogen and oxygen atoms in total. The third kappa shape index (κ3) is 2.38. The van der Waals surface area contributed by atoms with Gasteiger partial charge in [-0.2, -0.15) is 0 Å². The number of aromatic nitrogens is 1. The first-order chi connectivity index (χ1) is 7.66. The summed E-state index contributed by atoms with van der Waals surface area (Å²) < 4.78 is 12.7. The maximum atomic E-state index is 12.7. The predicted molar refractivity (Wildman–Crippen MR) is 61.7 cm³/mol. The second-order valence-corrected chi connectivity index (χ2v) is 3.87. The molecule has 82 valence electrons. The van der Waals surface area contributed by atoms with E-state index in [4.69, 9.17) is 17.3 Å². The van der Waals surface area contributed by atoms with E-state index in [1.807, 2.05) is 12.1 Å². The summed E-state index contributed by atoms with van der Waals surface area (Å²) in [7, 11) is 0. The summed E-state index contributed by atoms with van der Waals surface area (Å²) in [5.41, 5.74) is 7.51. The molecule has 0 saturated heterocycles. The van der Waals surface area contributed by atoms with E-state index in [1.165, 1.54) is 6.07 Å². The number of hydrogen-bond acceptors (Lipinski definition) is 2. The maximum Gasteiger partial charge on any atom is 0.141 e. The monoisotopic (exact) mass is 236 g/mol. The van der Waals surface area contributed by atoms with Crippen molar-refractivity contribution in [3.05, 3.63) is 64.7 Å². The summed E-state index contributed by atoms with van der Waals surface area (Å²) in [6, 6.07) is 9.75. The van der Waals surface area contributed by atoms with Gasteiger partial charge in [0, 0.05) is 5.02 Å². The molecular formula is C12H10ClFN2. The molecule has 0 amide bonds. The van der Waals surface area contributed by atoms with Crippen LogP contribution in [-0.4, -0.2) is 4.98 Å². The Morgan fingerprint density at radius 2 is 1.81 bits per heavy atom. The number of hydrogen-bond donors (Lipinski definition) is 1. The Bertz CT molecular complexity index is 422. The van der Waals surface area contributed by atoms with Gasteiger partial charge in [0.05, 0.1) is 17.9 Å². The number of nitrogens with two attached hydrogens (primary N) is 1. The summed E-state index contributed by atoms with van der Waals surface area (Å²) in [6.07, 6.45) is 1.16. The van der Waals surface area contributed by atoms with Gasteiger partial charge in [0.15, 0.2) is 0 Å². The lowest BCUT2D eigenvalue weighted by Gasteiger charge is -2.11. The second kappa shape index (κ2) is 4.60. The minimum absolute atomic E-state index is 0.363. The van der Waals surface area contributed by atoms with E-state index in [0.29, 0.717) is 10.7 Å². The van der Waals surface area contributed by atoms with Crippen molar-refractivity contribution in [1.82, 2.24) is 4.98 Å². The van der Waals surface area contributed by atoms with Gasteiger partial charge in [-0.25, -0.2) is 4.39 Å². The largest absolute Gasteiger partial charge is 0.319 e. The summed E-state index contributed by atoms with van der Waals surface area (Å²) in [5, 5.41) is 0.656. The number of nitrogens with zero attached hydrogens (tertiary/aromatic N) is 1. The van der Waals surface area contributed by atoms with Crippen LogP contribution in [0.3, 0.4) is 0 Å². The van der Waals surface area contributed by atoms with E-state index in [0.717, 1.165) is 11.8 Å². The average molecular weight is 237 g/mol. The number of halogens is 2. The highest BCUT2D eigenvalue weighted by Gasteiger charge is 2.09. The molecule has 1 unspecified atom stereocenters. The summed E-state index contributed by atoms with van der Waals surface area (Å²) >= 11 is 5.78. The number of pyridine rings is 1. The molecule has 0 spiro atoms. The Kier molecular flexibility index (Phi) is 3.17. The third-order valence-electron chi connectivity index (χ3n) is 2.30. The van der Waals surface area contributed by atoms with Gasteiger partial charge in [-0.3, -0.25) is 4.98 Å². The van der Waals surface area contributed by atoms with Crippen molar-refractivity contribution < 1.29 is 4.39 Å². The first-order valence-corrected chi connectivity index (χ1v) is 5.17. The van der Waals surface area contributed by atoms with Crippen molar-refractivity contribution >= 4 is 11.6 Å². The lowest BCUT2D eigenvalue weighted by molar-refractivity contribution is 0.617. The van der Waals surface area contributed by atoms with Crippen molar-refractivity contribution in [2.45, 2.75) is 6.04 Å². The summed E-state index contributed by atoms with van der Waals surface area (Å²) in [6.45, 7) is 0. The minimum atomic E-state index is -0.368. The zero-order valence-corrected chi connectivity index (χ0v) is 9.16. The lowest BCUT2D eigenvalue weighted by Crippen LogP contribution is -2.13. The Morgan fingerprint density at radius 1 is 1.12 bits per heavy atom. The quantitative estimate of drug-likeness (QED) is 0.871. The predicted octanol–water partition coefficient (Wildman–Crippen LogP) is 2.92. The van der Waals surface area contributed by atoms with Crippen LogP contribution >= 0.6 is 11.6 Å². The van der Waals surface area contributed by atoms with Crippen molar-refractivity contribution in [2.75, 3.05) is 0 Å². The number of rotatable bonds is 2. The maximum absolute atomic E-state index is 12.7. The van der Waals surface area contributed by atoms with Crippen LogP contribution in [0.5, 0.6) is 0 Å². The van der Waals surface area contributed by atoms with E-state index >= 15 is 0 Å². The Labute approximate surface area is 97.9 Å². The summed E-state index contributed by atoms with van der Waals surface area (Å²) in [5.74, 6) is -0.368. The van der Waals surface area contributed by atoms with Gasteiger partial charge in [0.25, 0.3) is 0 Å². The van der Waals surface area contributed by atoms with Crippen LogP contribution in [-0.2, 0) is 0 Å². The Morgan fingerprint density at radius 3 is 2.38 bits per heavy atom. The highest BCUT2D eigenvalue weighted by Crippen LogP contribution is 2.19. The molecule has 0 fully saturated rings. The Hall–Kier alpha value is -1.45. The fourth-order valence-corrected chi connectivity index (χ4v) is 1.54. The molecule has 2 rings (SSSR count). The van der Waals surface area contributed by atoms with Crippen LogP contribution in [0.15, 0.2) is 42.6 Å². The molecule has 0 aliphatic heterocycles. The third-order valence-corrected chi connectivity index (χ3v) is 2.55. The average Bonchev–Trinajstić information content (AvgIpc) is 2.30. The van der Waals surface area contributed by atoms with Gasteiger partial charge in [-0.1, -0.05) is 23.7 Å². The van der Waals surface area contributed by atoms with Crippen LogP contribution < -0.4 is 5.73 Å². The van der Waals surface area contributed by atoms with Gasteiger partial charge < -0.3 is 5.73 Å². The fourth-order valence-electron chi connectivity index (χ4n) is 1.41. The smallest absolute Gasteiger partial charge is 0.141 e. The molecule has 0 aliphatic rings. The zero-order valence-electron chi connectivity index (χ0n) is 8.40. The topological polar surface area (TPSA) is 38.9 Å². The van der Waals surface area contributed by atoms with Crippen LogP contribution in [0.2, 0.25) is 5.02 Å². The molecule has 1 aromatic heterocycles. The van der Waals surface area contributed by atoms with E-state index < -0.39 is 0 Å². The standard InChI is InChI=1S/C12H10ClFN2/c13-9-3-1-8(2-4-9)12(15)11-6-5-10(14)7-16-11/h1-7,12H,15H2. The summed E-state index contributed by atoms with van der Waals surface area (Å²) in [4.78, 5) is 3.94. The SMILES string of the molecule is NC(c1ccc(Cl)cc1)c1ccc(F)cn1. The molecule has 1 heterocycles. The molecule has 2 N–H and O–H groups in total. The molecule has 4 heteroatoms. The van der Waals surface area contributed by atoms with E-state index in [9.17, 15) is 4.39 Å². The van der Waals surface area contributed by atoms with Gasteiger partial charge >= 0.3 is 0 Å². The Balaban J connectivity index is 2.28. The zero-order chi connectivity index (χ0) is 11.5.